The van der Waals surface area contributed by atoms with Crippen molar-refractivity contribution < 1.29 is 0 Å². The van der Waals surface area contributed by atoms with E-state index in [1.807, 2.05) is 0 Å². The van der Waals surface area contributed by atoms with Crippen molar-refractivity contribution in [1.82, 2.24) is 5.32 Å². The van der Waals surface area contributed by atoms with Gasteiger partial charge >= 0.3 is 0 Å². The van der Waals surface area contributed by atoms with E-state index in [2.05, 4.69) is 64.6 Å². The van der Waals surface area contributed by atoms with E-state index in [0.29, 0.717) is 0 Å². The second kappa shape index (κ2) is 4.77. The fourth-order valence-corrected chi connectivity index (χ4v) is 2.35. The topological polar surface area (TPSA) is 12.0 Å². The summed E-state index contributed by atoms with van der Waals surface area (Å²) in [7, 11) is 0. The first-order valence-corrected chi connectivity index (χ1v) is 5.98. The van der Waals surface area contributed by atoms with Crippen molar-refractivity contribution in [2.45, 2.75) is 13.5 Å². The molecular weight excluding hydrogens is 250 g/mol. The molecule has 2 rings (SSSR count). The largest absolute Gasteiger partial charge is 0.313 e. The van der Waals surface area contributed by atoms with Crippen molar-refractivity contribution in [3.8, 4) is 0 Å². The third kappa shape index (κ3) is 2.39. The molecular formula is C13H14BrN. The number of hydrogen-bond acceptors (Lipinski definition) is 1. The highest BCUT2D eigenvalue weighted by Gasteiger charge is 2.00. The second-order valence-electron chi connectivity index (χ2n) is 3.58. The normalized spacial score (nSPS) is 10.8. The van der Waals surface area contributed by atoms with Crippen molar-refractivity contribution in [3.05, 3.63) is 46.4 Å². The summed E-state index contributed by atoms with van der Waals surface area (Å²) in [5.41, 5.74) is 1.32. The van der Waals surface area contributed by atoms with E-state index in [1.165, 1.54) is 20.8 Å². The summed E-state index contributed by atoms with van der Waals surface area (Å²) in [5.74, 6) is 0. The highest BCUT2D eigenvalue weighted by molar-refractivity contribution is 9.10. The predicted octanol–water partition coefficient (Wildman–Crippen LogP) is 3.71. The lowest BCUT2D eigenvalue weighted by Gasteiger charge is -2.06. The van der Waals surface area contributed by atoms with Crippen LogP contribution in [0.5, 0.6) is 0 Å². The fraction of sp³-hybridized carbons (Fsp3) is 0.231. The van der Waals surface area contributed by atoms with Crippen LogP contribution in [0.25, 0.3) is 10.8 Å². The molecule has 0 heterocycles. The van der Waals surface area contributed by atoms with E-state index < -0.39 is 0 Å². The highest BCUT2D eigenvalue weighted by atomic mass is 79.9. The Morgan fingerprint density at radius 3 is 2.80 bits per heavy atom. The minimum absolute atomic E-state index is 0.930. The second-order valence-corrected chi connectivity index (χ2v) is 4.43. The quantitative estimate of drug-likeness (QED) is 0.891. The Hall–Kier alpha value is -0.860. The molecule has 0 aliphatic carbocycles. The van der Waals surface area contributed by atoms with Crippen LogP contribution in [0.1, 0.15) is 12.5 Å². The van der Waals surface area contributed by atoms with Gasteiger partial charge in [0.25, 0.3) is 0 Å². The zero-order valence-corrected chi connectivity index (χ0v) is 10.3. The summed E-state index contributed by atoms with van der Waals surface area (Å²) in [4.78, 5) is 0. The average Bonchev–Trinajstić information content (AvgIpc) is 2.26. The maximum Gasteiger partial charge on any atom is 0.0256 e. The van der Waals surface area contributed by atoms with Crippen LogP contribution in [0.4, 0.5) is 0 Å². The molecule has 0 saturated heterocycles. The Labute approximate surface area is 98.6 Å². The molecule has 78 valence electrons. The van der Waals surface area contributed by atoms with Gasteiger partial charge in [-0.2, -0.15) is 0 Å². The first-order chi connectivity index (χ1) is 7.31. The van der Waals surface area contributed by atoms with Gasteiger partial charge in [-0.1, -0.05) is 47.1 Å². The first-order valence-electron chi connectivity index (χ1n) is 5.19. The van der Waals surface area contributed by atoms with E-state index in [4.69, 9.17) is 0 Å². The molecule has 1 N–H and O–H groups in total. The lowest BCUT2D eigenvalue weighted by atomic mass is 10.1. The lowest BCUT2D eigenvalue weighted by molar-refractivity contribution is 0.727. The minimum Gasteiger partial charge on any atom is -0.313 e. The van der Waals surface area contributed by atoms with Crippen LogP contribution in [0.2, 0.25) is 0 Å². The van der Waals surface area contributed by atoms with Gasteiger partial charge in [-0.25, -0.2) is 0 Å². The van der Waals surface area contributed by atoms with Gasteiger partial charge in [0.05, 0.1) is 0 Å². The lowest BCUT2D eigenvalue weighted by Crippen LogP contribution is -2.11. The molecule has 0 amide bonds. The minimum atomic E-state index is 0.930. The number of nitrogens with one attached hydrogen (secondary N) is 1. The average molecular weight is 264 g/mol. The van der Waals surface area contributed by atoms with E-state index in [0.717, 1.165) is 13.1 Å². The molecule has 0 atom stereocenters. The SMILES string of the molecule is CCNCc1cc(Br)c2ccccc2c1. The van der Waals surface area contributed by atoms with Gasteiger partial charge in [-0.15, -0.1) is 0 Å². The van der Waals surface area contributed by atoms with Crippen LogP contribution in [0, 0.1) is 0 Å². The van der Waals surface area contributed by atoms with E-state index in [-0.39, 0.29) is 0 Å². The summed E-state index contributed by atoms with van der Waals surface area (Å²) in [6.45, 7) is 4.06. The zero-order valence-electron chi connectivity index (χ0n) is 8.76. The number of halogens is 1. The van der Waals surface area contributed by atoms with E-state index in [1.54, 1.807) is 0 Å². The summed E-state index contributed by atoms with van der Waals surface area (Å²) >= 11 is 3.61. The van der Waals surface area contributed by atoms with Crippen LogP contribution < -0.4 is 5.32 Å². The monoisotopic (exact) mass is 263 g/mol. The van der Waals surface area contributed by atoms with Crippen LogP contribution in [-0.4, -0.2) is 6.54 Å². The highest BCUT2D eigenvalue weighted by Crippen LogP contribution is 2.25. The van der Waals surface area contributed by atoms with Crippen LogP contribution in [0.15, 0.2) is 40.9 Å². The van der Waals surface area contributed by atoms with Gasteiger partial charge in [-0.05, 0) is 35.0 Å². The van der Waals surface area contributed by atoms with Crippen molar-refractivity contribution in [1.29, 1.82) is 0 Å². The van der Waals surface area contributed by atoms with E-state index >= 15 is 0 Å². The zero-order chi connectivity index (χ0) is 10.7. The summed E-state index contributed by atoms with van der Waals surface area (Å²) in [6, 6.07) is 12.8. The fourth-order valence-electron chi connectivity index (χ4n) is 1.69. The molecule has 0 saturated carbocycles. The molecule has 2 heteroatoms. The maximum atomic E-state index is 3.61. The molecule has 1 nitrogen and oxygen atoms in total. The molecule has 0 bridgehead atoms. The number of hydrogen-bond donors (Lipinski definition) is 1. The van der Waals surface area contributed by atoms with Crippen molar-refractivity contribution >= 4 is 26.7 Å². The molecule has 0 aromatic heterocycles. The Balaban J connectivity index is 2.43. The van der Waals surface area contributed by atoms with Gasteiger partial charge in [0.2, 0.25) is 0 Å². The number of benzene rings is 2. The molecule has 0 spiro atoms. The van der Waals surface area contributed by atoms with Crippen molar-refractivity contribution in [2.24, 2.45) is 0 Å². The summed E-state index contributed by atoms with van der Waals surface area (Å²) in [5, 5.41) is 5.90. The smallest absolute Gasteiger partial charge is 0.0256 e. The predicted molar refractivity (Wildman–Crippen MR) is 69.0 cm³/mol. The molecule has 0 unspecified atom stereocenters. The standard InChI is InChI=1S/C13H14BrN/c1-2-15-9-10-7-11-5-3-4-6-12(11)13(14)8-10/h3-8,15H,2,9H2,1H3. The maximum absolute atomic E-state index is 3.61. The molecule has 0 radical (unpaired) electrons. The van der Waals surface area contributed by atoms with Crippen molar-refractivity contribution in [3.63, 3.8) is 0 Å². The number of rotatable bonds is 3. The Kier molecular flexibility index (Phi) is 3.39. The van der Waals surface area contributed by atoms with Gasteiger partial charge in [-0.3, -0.25) is 0 Å². The van der Waals surface area contributed by atoms with Gasteiger partial charge in [0, 0.05) is 11.0 Å². The van der Waals surface area contributed by atoms with Crippen molar-refractivity contribution in [2.75, 3.05) is 6.54 Å². The third-order valence-electron chi connectivity index (χ3n) is 2.45. The van der Waals surface area contributed by atoms with Crippen LogP contribution in [0.3, 0.4) is 0 Å². The number of fused-ring (bicyclic) bond motifs is 1. The summed E-state index contributed by atoms with van der Waals surface area (Å²) in [6.07, 6.45) is 0. The molecule has 2 aromatic rings. The molecule has 0 aliphatic rings. The van der Waals surface area contributed by atoms with Gasteiger partial charge in [0.15, 0.2) is 0 Å². The van der Waals surface area contributed by atoms with E-state index in [9.17, 15) is 0 Å². The third-order valence-corrected chi connectivity index (χ3v) is 3.11. The Morgan fingerprint density at radius 1 is 1.20 bits per heavy atom. The van der Waals surface area contributed by atoms with Crippen LogP contribution >= 0.6 is 15.9 Å². The van der Waals surface area contributed by atoms with Crippen LogP contribution in [-0.2, 0) is 6.54 Å². The summed E-state index contributed by atoms with van der Waals surface area (Å²) < 4.78 is 1.17. The molecule has 0 aliphatic heterocycles. The first kappa shape index (κ1) is 10.7. The Morgan fingerprint density at radius 2 is 2.00 bits per heavy atom. The molecule has 2 aromatic carbocycles. The van der Waals surface area contributed by atoms with Gasteiger partial charge in [0.1, 0.15) is 0 Å². The molecule has 15 heavy (non-hydrogen) atoms. The molecule has 0 fully saturated rings. The Bertz CT molecular complexity index is 465. The van der Waals surface area contributed by atoms with Gasteiger partial charge < -0.3 is 5.32 Å².